The standard InChI is InChI=1S/C37H38O10S/c1-4-34(38)45-24-8-6-22-43-29-14-12-28(13-15-29)37(41)47-30-16-18-31(19-17-30)48-36(40)21-11-27-10-20-32(33(26-27)42-3)44-23-7-9-25-46-35(39)5-2/h4-5,10-21,26H,1-2,6-9,22-25H2,3H3/b21-11+. The maximum Gasteiger partial charge on any atom is 0.343 e. The van der Waals surface area contributed by atoms with Crippen molar-refractivity contribution in [3.63, 3.8) is 0 Å². The van der Waals surface area contributed by atoms with Gasteiger partial charge in [0.1, 0.15) is 11.5 Å². The van der Waals surface area contributed by atoms with E-state index in [2.05, 4.69) is 13.2 Å². The van der Waals surface area contributed by atoms with Crippen LogP contribution in [0.15, 0.2) is 103 Å². The second-order valence-electron chi connectivity index (χ2n) is 9.90. The topological polar surface area (TPSA) is 124 Å². The highest BCUT2D eigenvalue weighted by molar-refractivity contribution is 8.14. The summed E-state index contributed by atoms with van der Waals surface area (Å²) in [7, 11) is 1.54. The average molecular weight is 675 g/mol. The molecule has 0 aromatic heterocycles. The molecule has 3 aromatic rings. The van der Waals surface area contributed by atoms with E-state index in [-0.39, 0.29) is 5.12 Å². The number of thioether (sulfide) groups is 1. The van der Waals surface area contributed by atoms with Crippen molar-refractivity contribution in [3.05, 3.63) is 109 Å². The summed E-state index contributed by atoms with van der Waals surface area (Å²) in [5, 5.41) is -0.186. The Labute approximate surface area is 284 Å². The highest BCUT2D eigenvalue weighted by atomic mass is 32.2. The molecule has 0 saturated carbocycles. The molecular weight excluding hydrogens is 636 g/mol. The first-order valence-corrected chi connectivity index (χ1v) is 16.0. The molecule has 0 bridgehead atoms. The van der Waals surface area contributed by atoms with E-state index in [1.807, 2.05) is 6.07 Å². The van der Waals surface area contributed by atoms with Gasteiger partial charge in [-0.2, -0.15) is 0 Å². The first-order valence-electron chi connectivity index (χ1n) is 15.2. The van der Waals surface area contributed by atoms with Crippen LogP contribution in [0.1, 0.15) is 41.6 Å². The normalized spacial score (nSPS) is 10.5. The van der Waals surface area contributed by atoms with Crippen LogP contribution in [-0.2, 0) is 23.9 Å². The molecule has 11 heteroatoms. The Kier molecular flexibility index (Phi) is 16.1. The van der Waals surface area contributed by atoms with Gasteiger partial charge in [0.05, 0.1) is 39.1 Å². The van der Waals surface area contributed by atoms with Crippen LogP contribution in [0.2, 0.25) is 0 Å². The third-order valence-electron chi connectivity index (χ3n) is 6.37. The molecule has 0 N–H and O–H groups in total. The molecule has 0 saturated heterocycles. The Hall–Kier alpha value is -5.29. The van der Waals surface area contributed by atoms with Crippen LogP contribution in [0.4, 0.5) is 0 Å². The van der Waals surface area contributed by atoms with Gasteiger partial charge in [-0.25, -0.2) is 14.4 Å². The van der Waals surface area contributed by atoms with Gasteiger partial charge in [-0.05, 0) is 110 Å². The fraction of sp³-hybridized carbons (Fsp3) is 0.243. The van der Waals surface area contributed by atoms with Crippen molar-refractivity contribution < 1.29 is 47.6 Å². The Morgan fingerprint density at radius 1 is 0.688 bits per heavy atom. The average Bonchev–Trinajstić information content (AvgIpc) is 3.11. The molecule has 0 atom stereocenters. The predicted molar refractivity (Wildman–Crippen MR) is 183 cm³/mol. The van der Waals surface area contributed by atoms with Gasteiger partial charge in [0.25, 0.3) is 0 Å². The zero-order chi connectivity index (χ0) is 34.6. The number of methoxy groups -OCH3 is 1. The molecule has 0 aliphatic rings. The number of hydrogen-bond acceptors (Lipinski definition) is 11. The van der Waals surface area contributed by atoms with Gasteiger partial charge >= 0.3 is 17.9 Å². The monoisotopic (exact) mass is 674 g/mol. The number of carbonyl (C=O) groups excluding carboxylic acids is 4. The van der Waals surface area contributed by atoms with Gasteiger partial charge in [0.2, 0.25) is 5.12 Å². The number of hydrogen-bond donors (Lipinski definition) is 0. The third kappa shape index (κ3) is 13.6. The maximum atomic E-state index is 12.6. The summed E-state index contributed by atoms with van der Waals surface area (Å²) < 4.78 is 32.2. The Balaban J connectivity index is 1.40. The molecule has 10 nitrogen and oxygen atoms in total. The molecular formula is C37H38O10S. The SMILES string of the molecule is C=CC(=O)OCCCCOc1ccc(C(=O)Oc2ccc(SC(=O)/C=C/c3ccc(OCCCCOC(=O)C=C)c(OC)c3)cc2)cc1. The van der Waals surface area contributed by atoms with Crippen molar-refractivity contribution in [2.24, 2.45) is 0 Å². The summed E-state index contributed by atoms with van der Waals surface area (Å²) in [6.45, 7) is 8.17. The molecule has 0 aliphatic heterocycles. The van der Waals surface area contributed by atoms with E-state index in [1.165, 1.54) is 13.2 Å². The summed E-state index contributed by atoms with van der Waals surface area (Å²) in [5.41, 5.74) is 1.12. The predicted octanol–water partition coefficient (Wildman–Crippen LogP) is 7.02. The van der Waals surface area contributed by atoms with Crippen LogP contribution < -0.4 is 18.9 Å². The smallest absolute Gasteiger partial charge is 0.343 e. The largest absolute Gasteiger partial charge is 0.494 e. The Morgan fingerprint density at radius 2 is 1.27 bits per heavy atom. The summed E-state index contributed by atoms with van der Waals surface area (Å²) in [5.74, 6) is 0.628. The van der Waals surface area contributed by atoms with Gasteiger partial charge in [0.15, 0.2) is 11.5 Å². The number of carbonyl (C=O) groups is 4. The summed E-state index contributed by atoms with van der Waals surface area (Å²) in [4.78, 5) is 48.0. The first kappa shape index (κ1) is 37.2. The molecule has 0 unspecified atom stereocenters. The zero-order valence-electron chi connectivity index (χ0n) is 26.7. The van der Waals surface area contributed by atoms with Crippen LogP contribution in [0.5, 0.6) is 23.0 Å². The van der Waals surface area contributed by atoms with Crippen LogP contribution >= 0.6 is 11.8 Å². The Morgan fingerprint density at radius 3 is 1.88 bits per heavy atom. The highest BCUT2D eigenvalue weighted by Gasteiger charge is 2.10. The minimum absolute atomic E-state index is 0.186. The van der Waals surface area contributed by atoms with Crippen molar-refractivity contribution in [2.75, 3.05) is 33.5 Å². The highest BCUT2D eigenvalue weighted by Crippen LogP contribution is 2.29. The van der Waals surface area contributed by atoms with Gasteiger partial charge in [0, 0.05) is 17.0 Å². The van der Waals surface area contributed by atoms with Crippen LogP contribution in [0.25, 0.3) is 6.08 Å². The first-order chi connectivity index (χ1) is 23.3. The second kappa shape index (κ2) is 20.8. The van der Waals surface area contributed by atoms with Crippen LogP contribution in [0, 0.1) is 0 Å². The fourth-order valence-corrected chi connectivity index (χ4v) is 4.53. The molecule has 0 heterocycles. The molecule has 3 aromatic carbocycles. The molecule has 3 rings (SSSR count). The minimum atomic E-state index is -0.525. The molecule has 0 spiro atoms. The lowest BCUT2D eigenvalue weighted by molar-refractivity contribution is -0.138. The third-order valence-corrected chi connectivity index (χ3v) is 7.21. The van der Waals surface area contributed by atoms with Crippen LogP contribution in [-0.4, -0.2) is 56.6 Å². The molecule has 48 heavy (non-hydrogen) atoms. The van der Waals surface area contributed by atoms with Crippen molar-refractivity contribution in [1.29, 1.82) is 0 Å². The van der Waals surface area contributed by atoms with Gasteiger partial charge in [-0.1, -0.05) is 25.3 Å². The molecule has 0 aliphatic carbocycles. The van der Waals surface area contributed by atoms with E-state index in [1.54, 1.807) is 66.7 Å². The van der Waals surface area contributed by atoms with Crippen LogP contribution in [0.3, 0.4) is 0 Å². The molecule has 0 amide bonds. The van der Waals surface area contributed by atoms with Gasteiger partial charge < -0.3 is 28.4 Å². The van der Waals surface area contributed by atoms with E-state index in [4.69, 9.17) is 28.4 Å². The van der Waals surface area contributed by atoms with Crippen molar-refractivity contribution in [3.8, 4) is 23.0 Å². The second-order valence-corrected chi connectivity index (χ2v) is 11.0. The number of ether oxygens (including phenoxy) is 6. The van der Waals surface area contributed by atoms with Crippen molar-refractivity contribution in [1.82, 2.24) is 0 Å². The molecule has 0 fully saturated rings. The maximum absolute atomic E-state index is 12.6. The Bertz CT molecular complexity index is 1560. The summed E-state index contributed by atoms with van der Waals surface area (Å²) in [6, 6.07) is 18.6. The summed E-state index contributed by atoms with van der Waals surface area (Å²) in [6.07, 6.45) is 8.11. The van der Waals surface area contributed by atoms with Crippen molar-refractivity contribution >= 4 is 40.9 Å². The van der Waals surface area contributed by atoms with E-state index >= 15 is 0 Å². The number of esters is 3. The van der Waals surface area contributed by atoms with E-state index in [9.17, 15) is 19.2 Å². The number of rotatable bonds is 20. The fourth-order valence-electron chi connectivity index (χ4n) is 3.89. The lowest BCUT2D eigenvalue weighted by Gasteiger charge is -2.11. The van der Waals surface area contributed by atoms with Gasteiger partial charge in [-0.3, -0.25) is 4.79 Å². The zero-order valence-corrected chi connectivity index (χ0v) is 27.5. The molecule has 252 valence electrons. The van der Waals surface area contributed by atoms with E-state index in [0.717, 1.165) is 29.5 Å². The lowest BCUT2D eigenvalue weighted by atomic mass is 10.2. The van der Waals surface area contributed by atoms with E-state index in [0.29, 0.717) is 85.6 Å². The van der Waals surface area contributed by atoms with Gasteiger partial charge in [-0.15, -0.1) is 0 Å². The minimum Gasteiger partial charge on any atom is -0.494 e. The molecule has 0 radical (unpaired) electrons. The number of unbranched alkanes of at least 4 members (excludes halogenated alkanes) is 2. The summed E-state index contributed by atoms with van der Waals surface area (Å²) >= 11 is 1.04. The lowest BCUT2D eigenvalue weighted by Crippen LogP contribution is -2.08. The quantitative estimate of drug-likeness (QED) is 0.0404. The van der Waals surface area contributed by atoms with E-state index < -0.39 is 17.9 Å². The van der Waals surface area contributed by atoms with Crippen molar-refractivity contribution in [2.45, 2.75) is 30.6 Å². The number of benzene rings is 3.